The molecule has 5 nitrogen and oxygen atoms in total. The van der Waals surface area contributed by atoms with E-state index in [-0.39, 0.29) is 28.4 Å². The summed E-state index contributed by atoms with van der Waals surface area (Å²) in [5.41, 5.74) is 0.394. The van der Waals surface area contributed by atoms with Gasteiger partial charge in [0.2, 0.25) is 0 Å². The predicted octanol–water partition coefficient (Wildman–Crippen LogP) is 1.45. The molecule has 0 saturated heterocycles. The number of carboxylic acid groups (broad SMARTS) is 1. The second kappa shape index (κ2) is 5.30. The molecule has 1 aromatic rings. The second-order valence-electron chi connectivity index (χ2n) is 4.06. The largest absolute Gasteiger partial charge is 0.478 e. The fourth-order valence-electron chi connectivity index (χ4n) is 1.46. The number of benzene rings is 1. The number of carbonyl (C=O) groups is 2. The van der Waals surface area contributed by atoms with E-state index in [9.17, 15) is 18.0 Å². The first-order valence-corrected chi connectivity index (χ1v) is 6.95. The summed E-state index contributed by atoms with van der Waals surface area (Å²) < 4.78 is 24.0. The van der Waals surface area contributed by atoms with Gasteiger partial charge in [-0.3, -0.25) is 4.79 Å². The third-order valence-corrected chi connectivity index (χ3v) is 4.34. The standard InChI is InChI=1S/C12H14O5S/c1-8-3-4-10(12(14)15)7-11(8)18(16,17)6-5-9(2)13/h3-4,7H,5-6H2,1-2H3,(H,14,15). The van der Waals surface area contributed by atoms with E-state index < -0.39 is 15.8 Å². The van der Waals surface area contributed by atoms with Crippen LogP contribution in [0, 0.1) is 6.92 Å². The molecule has 0 aromatic heterocycles. The third kappa shape index (κ3) is 3.40. The van der Waals surface area contributed by atoms with Crippen molar-refractivity contribution in [3.63, 3.8) is 0 Å². The van der Waals surface area contributed by atoms with Crippen molar-refractivity contribution in [2.45, 2.75) is 25.2 Å². The van der Waals surface area contributed by atoms with Gasteiger partial charge in [-0.15, -0.1) is 0 Å². The maximum Gasteiger partial charge on any atom is 0.335 e. The normalized spacial score (nSPS) is 11.2. The van der Waals surface area contributed by atoms with E-state index in [1.54, 1.807) is 6.92 Å². The van der Waals surface area contributed by atoms with Gasteiger partial charge in [-0.1, -0.05) is 6.07 Å². The molecule has 0 heterocycles. The number of carbonyl (C=O) groups excluding carboxylic acids is 1. The first-order valence-electron chi connectivity index (χ1n) is 5.30. The Hall–Kier alpha value is -1.69. The summed E-state index contributed by atoms with van der Waals surface area (Å²) in [6.45, 7) is 2.91. The molecule has 6 heteroatoms. The lowest BCUT2D eigenvalue weighted by Gasteiger charge is -2.07. The molecule has 0 atom stereocenters. The van der Waals surface area contributed by atoms with Gasteiger partial charge in [0.15, 0.2) is 9.84 Å². The summed E-state index contributed by atoms with van der Waals surface area (Å²) >= 11 is 0. The Labute approximate surface area is 105 Å². The van der Waals surface area contributed by atoms with Crippen LogP contribution < -0.4 is 0 Å². The van der Waals surface area contributed by atoms with E-state index in [1.165, 1.54) is 19.1 Å². The lowest BCUT2D eigenvalue weighted by Crippen LogP contribution is -2.12. The van der Waals surface area contributed by atoms with Gasteiger partial charge in [-0.05, 0) is 31.5 Å². The maximum absolute atomic E-state index is 12.0. The number of aryl methyl sites for hydroxylation is 1. The number of rotatable bonds is 5. The summed E-state index contributed by atoms with van der Waals surface area (Å²) in [4.78, 5) is 21.6. The Balaban J connectivity index is 3.18. The highest BCUT2D eigenvalue weighted by atomic mass is 32.2. The molecule has 0 unspecified atom stereocenters. The van der Waals surface area contributed by atoms with Gasteiger partial charge >= 0.3 is 5.97 Å². The van der Waals surface area contributed by atoms with Crippen LogP contribution in [0.1, 0.15) is 29.3 Å². The molecule has 18 heavy (non-hydrogen) atoms. The molecule has 0 aliphatic heterocycles. The van der Waals surface area contributed by atoms with Crippen molar-refractivity contribution < 1.29 is 23.1 Å². The molecule has 0 radical (unpaired) electrons. The topological polar surface area (TPSA) is 88.5 Å². The summed E-state index contributed by atoms with van der Waals surface area (Å²) in [5.74, 6) is -1.70. The Morgan fingerprint density at radius 1 is 1.28 bits per heavy atom. The molecule has 0 bridgehead atoms. The number of hydrogen-bond donors (Lipinski definition) is 1. The molecule has 0 fully saturated rings. The van der Waals surface area contributed by atoms with Crippen LogP contribution in [0.15, 0.2) is 23.1 Å². The van der Waals surface area contributed by atoms with E-state index in [2.05, 4.69) is 0 Å². The highest BCUT2D eigenvalue weighted by Crippen LogP contribution is 2.19. The number of carboxylic acids is 1. The van der Waals surface area contributed by atoms with Crippen LogP contribution in [-0.4, -0.2) is 31.0 Å². The number of ketones is 1. The lowest BCUT2D eigenvalue weighted by molar-refractivity contribution is -0.116. The Kier molecular flexibility index (Phi) is 4.24. The van der Waals surface area contributed by atoms with Gasteiger partial charge < -0.3 is 5.11 Å². The second-order valence-corrected chi connectivity index (χ2v) is 6.13. The van der Waals surface area contributed by atoms with Gasteiger partial charge in [0, 0.05) is 6.42 Å². The van der Waals surface area contributed by atoms with Gasteiger partial charge in [-0.2, -0.15) is 0 Å². The van der Waals surface area contributed by atoms with Crippen LogP contribution in [0.25, 0.3) is 0 Å². The van der Waals surface area contributed by atoms with Gasteiger partial charge in [0.25, 0.3) is 0 Å². The highest BCUT2D eigenvalue weighted by molar-refractivity contribution is 7.91. The number of aromatic carboxylic acids is 1. The van der Waals surface area contributed by atoms with Crippen LogP contribution in [0.4, 0.5) is 0 Å². The van der Waals surface area contributed by atoms with Crippen LogP contribution >= 0.6 is 0 Å². The molecule has 0 spiro atoms. The zero-order valence-electron chi connectivity index (χ0n) is 10.1. The van der Waals surface area contributed by atoms with Crippen molar-refractivity contribution in [1.29, 1.82) is 0 Å². The molecular weight excluding hydrogens is 256 g/mol. The average molecular weight is 270 g/mol. The number of hydrogen-bond acceptors (Lipinski definition) is 4. The summed E-state index contributed by atoms with van der Waals surface area (Å²) in [6.07, 6.45) is -0.0704. The molecule has 98 valence electrons. The van der Waals surface area contributed by atoms with Crippen LogP contribution in [0.3, 0.4) is 0 Å². The average Bonchev–Trinajstić information content (AvgIpc) is 2.26. The van der Waals surface area contributed by atoms with Gasteiger partial charge in [0.05, 0.1) is 16.2 Å². The zero-order chi connectivity index (χ0) is 13.9. The summed E-state index contributed by atoms with van der Waals surface area (Å²) in [6, 6.07) is 3.93. The SMILES string of the molecule is CC(=O)CCS(=O)(=O)c1cc(C(=O)O)ccc1C. The maximum atomic E-state index is 12.0. The predicted molar refractivity (Wildman–Crippen MR) is 65.5 cm³/mol. The van der Waals surface area contributed by atoms with E-state index >= 15 is 0 Å². The zero-order valence-corrected chi connectivity index (χ0v) is 11.0. The van der Waals surface area contributed by atoms with Crippen molar-refractivity contribution in [2.24, 2.45) is 0 Å². The number of sulfone groups is 1. The van der Waals surface area contributed by atoms with Gasteiger partial charge in [0.1, 0.15) is 5.78 Å². The van der Waals surface area contributed by atoms with Crippen molar-refractivity contribution >= 4 is 21.6 Å². The van der Waals surface area contributed by atoms with Crippen LogP contribution in [-0.2, 0) is 14.6 Å². The van der Waals surface area contributed by atoms with E-state index in [4.69, 9.17) is 5.11 Å². The monoisotopic (exact) mass is 270 g/mol. The minimum atomic E-state index is -3.63. The molecule has 0 amide bonds. The molecule has 1 aromatic carbocycles. The fourth-order valence-corrected chi connectivity index (χ4v) is 3.10. The minimum Gasteiger partial charge on any atom is -0.478 e. The smallest absolute Gasteiger partial charge is 0.335 e. The Morgan fingerprint density at radius 3 is 2.39 bits per heavy atom. The van der Waals surface area contributed by atoms with Crippen molar-refractivity contribution in [3.8, 4) is 0 Å². The summed E-state index contributed by atoms with van der Waals surface area (Å²) in [7, 11) is -3.63. The Bertz CT molecular complexity index is 586. The molecule has 1 N–H and O–H groups in total. The van der Waals surface area contributed by atoms with E-state index in [0.717, 1.165) is 6.07 Å². The quantitative estimate of drug-likeness (QED) is 0.874. The van der Waals surface area contributed by atoms with Crippen molar-refractivity contribution in [2.75, 3.05) is 5.75 Å². The van der Waals surface area contributed by atoms with Crippen molar-refractivity contribution in [1.82, 2.24) is 0 Å². The van der Waals surface area contributed by atoms with Crippen molar-refractivity contribution in [3.05, 3.63) is 29.3 Å². The Morgan fingerprint density at radius 2 is 1.89 bits per heavy atom. The van der Waals surface area contributed by atoms with Crippen LogP contribution in [0.2, 0.25) is 0 Å². The van der Waals surface area contributed by atoms with Gasteiger partial charge in [-0.25, -0.2) is 13.2 Å². The van der Waals surface area contributed by atoms with Crippen LogP contribution in [0.5, 0.6) is 0 Å². The molecule has 1 rings (SSSR count). The first-order chi connectivity index (χ1) is 8.24. The third-order valence-electron chi connectivity index (χ3n) is 2.49. The minimum absolute atomic E-state index is 0.0244. The first kappa shape index (κ1) is 14.4. The van der Waals surface area contributed by atoms with E-state index in [1.807, 2.05) is 0 Å². The molecular formula is C12H14O5S. The number of Topliss-reactive ketones (excluding diaryl/α,β-unsaturated/α-hetero) is 1. The summed E-state index contributed by atoms with van der Waals surface area (Å²) in [5, 5.41) is 8.84. The molecule has 0 aliphatic rings. The molecule has 0 saturated carbocycles. The fraction of sp³-hybridized carbons (Fsp3) is 0.333. The molecule has 0 aliphatic carbocycles. The lowest BCUT2D eigenvalue weighted by atomic mass is 10.1. The van der Waals surface area contributed by atoms with E-state index in [0.29, 0.717) is 5.56 Å². The highest BCUT2D eigenvalue weighted by Gasteiger charge is 2.19.